The number of pyridine rings is 1. The molecule has 6 nitrogen and oxygen atoms in total. The van der Waals surface area contributed by atoms with Crippen LogP contribution in [0.4, 0.5) is 5.82 Å². The van der Waals surface area contributed by atoms with Gasteiger partial charge in [-0.2, -0.15) is 0 Å². The van der Waals surface area contributed by atoms with Crippen molar-refractivity contribution in [2.45, 2.75) is 47.0 Å². The number of fused-ring (bicyclic) bond motifs is 2. The van der Waals surface area contributed by atoms with Crippen LogP contribution < -0.4 is 5.32 Å². The molecule has 1 N–H and O–H groups in total. The van der Waals surface area contributed by atoms with Crippen molar-refractivity contribution < 1.29 is 14.4 Å². The monoisotopic (exact) mass is 343 g/mol. The summed E-state index contributed by atoms with van der Waals surface area (Å²) < 4.78 is 0. The fourth-order valence-electron chi connectivity index (χ4n) is 5.02. The highest BCUT2D eigenvalue weighted by molar-refractivity contribution is 6.05. The molecule has 0 radical (unpaired) electrons. The van der Waals surface area contributed by atoms with Gasteiger partial charge in [-0.1, -0.05) is 26.8 Å². The first-order chi connectivity index (χ1) is 11.5. The average Bonchev–Trinajstić information content (AvgIpc) is 2.50. The third-order valence-corrected chi connectivity index (χ3v) is 5.66. The van der Waals surface area contributed by atoms with Gasteiger partial charge in [-0.15, -0.1) is 0 Å². The van der Waals surface area contributed by atoms with E-state index in [0.717, 1.165) is 5.69 Å². The minimum absolute atomic E-state index is 0.187. The molecule has 1 aromatic rings. The van der Waals surface area contributed by atoms with Crippen LogP contribution in [0.25, 0.3) is 0 Å². The van der Waals surface area contributed by atoms with Crippen molar-refractivity contribution in [2.24, 2.45) is 16.2 Å². The van der Waals surface area contributed by atoms with Gasteiger partial charge in [0, 0.05) is 29.0 Å². The van der Waals surface area contributed by atoms with Crippen LogP contribution in [0.15, 0.2) is 18.2 Å². The molecular formula is C19H25N3O3. The number of likely N-dealkylation sites (tertiary alicyclic amines) is 1. The van der Waals surface area contributed by atoms with E-state index in [1.54, 1.807) is 13.1 Å². The number of nitrogens with one attached hydrogen (secondary N) is 1. The van der Waals surface area contributed by atoms with Crippen molar-refractivity contribution in [3.63, 3.8) is 0 Å². The number of rotatable bonds is 2. The molecule has 2 fully saturated rings. The van der Waals surface area contributed by atoms with E-state index in [0.29, 0.717) is 25.1 Å². The van der Waals surface area contributed by atoms with Gasteiger partial charge in [0.1, 0.15) is 5.82 Å². The zero-order valence-corrected chi connectivity index (χ0v) is 15.5. The highest BCUT2D eigenvalue weighted by Crippen LogP contribution is 2.58. The molecule has 2 unspecified atom stereocenters. The topological polar surface area (TPSA) is 79.4 Å². The first kappa shape index (κ1) is 17.6. The molecule has 2 atom stereocenters. The molecule has 1 aliphatic heterocycles. The summed E-state index contributed by atoms with van der Waals surface area (Å²) in [6, 6.07) is 5.43. The summed E-state index contributed by atoms with van der Waals surface area (Å²) in [6.07, 6.45) is 1.33. The van der Waals surface area contributed by atoms with Crippen LogP contribution in [-0.4, -0.2) is 34.7 Å². The smallest absolute Gasteiger partial charge is 0.234 e. The molecule has 1 saturated heterocycles. The van der Waals surface area contributed by atoms with Gasteiger partial charge in [0.25, 0.3) is 0 Å². The van der Waals surface area contributed by atoms with Gasteiger partial charge >= 0.3 is 0 Å². The number of imide groups is 1. The largest absolute Gasteiger partial charge is 0.310 e. The van der Waals surface area contributed by atoms with Crippen LogP contribution >= 0.6 is 0 Å². The predicted octanol–water partition coefficient (Wildman–Crippen LogP) is 2.53. The number of hydrogen-bond acceptors (Lipinski definition) is 4. The highest BCUT2D eigenvalue weighted by Gasteiger charge is 2.62. The SMILES string of the molecule is Cc1cccc(NC(=O)C2(C)CC3(C)CC(C)(C2)C(=O)N(C)C3=O)n1. The molecule has 134 valence electrons. The first-order valence-electron chi connectivity index (χ1n) is 8.57. The summed E-state index contributed by atoms with van der Waals surface area (Å²) >= 11 is 0. The van der Waals surface area contributed by atoms with Gasteiger partial charge in [0.2, 0.25) is 17.7 Å². The lowest BCUT2D eigenvalue weighted by atomic mass is 9.51. The minimum Gasteiger partial charge on any atom is -0.310 e. The number of carbonyl (C=O) groups is 3. The van der Waals surface area contributed by atoms with Crippen molar-refractivity contribution in [3.05, 3.63) is 23.9 Å². The van der Waals surface area contributed by atoms with Crippen LogP contribution in [0.1, 0.15) is 45.7 Å². The molecule has 0 spiro atoms. The van der Waals surface area contributed by atoms with Crippen LogP contribution in [0.2, 0.25) is 0 Å². The lowest BCUT2D eigenvalue weighted by Crippen LogP contribution is -2.63. The molecule has 1 saturated carbocycles. The summed E-state index contributed by atoms with van der Waals surface area (Å²) in [6.45, 7) is 7.44. The first-order valence-corrected chi connectivity index (χ1v) is 8.57. The van der Waals surface area contributed by atoms with Crippen molar-refractivity contribution in [1.82, 2.24) is 9.88 Å². The van der Waals surface area contributed by atoms with Gasteiger partial charge in [-0.3, -0.25) is 19.3 Å². The summed E-state index contributed by atoms with van der Waals surface area (Å²) in [5, 5.41) is 2.87. The Labute approximate surface area is 148 Å². The van der Waals surface area contributed by atoms with Gasteiger partial charge in [0.15, 0.2) is 0 Å². The van der Waals surface area contributed by atoms with Crippen LogP contribution in [0.3, 0.4) is 0 Å². The van der Waals surface area contributed by atoms with Gasteiger partial charge in [-0.05, 0) is 38.3 Å². The van der Waals surface area contributed by atoms with Crippen molar-refractivity contribution in [1.29, 1.82) is 0 Å². The fraction of sp³-hybridized carbons (Fsp3) is 0.579. The zero-order valence-electron chi connectivity index (χ0n) is 15.5. The van der Waals surface area contributed by atoms with Crippen LogP contribution in [0.5, 0.6) is 0 Å². The summed E-state index contributed by atoms with van der Waals surface area (Å²) in [4.78, 5) is 43.9. The number of amides is 3. The van der Waals surface area contributed by atoms with Crippen molar-refractivity contribution in [3.8, 4) is 0 Å². The minimum atomic E-state index is -0.806. The number of piperidine rings is 1. The molecule has 0 aromatic carbocycles. The Balaban J connectivity index is 1.92. The quantitative estimate of drug-likeness (QED) is 0.837. The standard InChI is InChI=1S/C19H25N3O3/c1-12-7-6-8-13(20-12)21-14(23)17(2)9-18(3)11-19(4,10-17)16(25)22(5)15(18)24/h6-8H,9-11H2,1-5H3,(H,20,21,23). The summed E-state index contributed by atoms with van der Waals surface area (Å²) in [7, 11) is 1.54. The highest BCUT2D eigenvalue weighted by atomic mass is 16.2. The van der Waals surface area contributed by atoms with Crippen molar-refractivity contribution in [2.75, 3.05) is 12.4 Å². The molecule has 6 heteroatoms. The molecule has 3 rings (SSSR count). The van der Waals surface area contributed by atoms with E-state index >= 15 is 0 Å². The van der Waals surface area contributed by atoms with E-state index in [9.17, 15) is 14.4 Å². The van der Waals surface area contributed by atoms with E-state index < -0.39 is 16.2 Å². The predicted molar refractivity (Wildman–Crippen MR) is 93.6 cm³/mol. The lowest BCUT2D eigenvalue weighted by Gasteiger charge is -2.55. The maximum Gasteiger partial charge on any atom is 0.234 e. The summed E-state index contributed by atoms with van der Waals surface area (Å²) in [5.74, 6) is -0.0790. The molecule has 1 aromatic heterocycles. The lowest BCUT2D eigenvalue weighted by molar-refractivity contribution is -0.177. The van der Waals surface area contributed by atoms with E-state index in [1.807, 2.05) is 39.8 Å². The molecule has 1 aliphatic carbocycles. The third kappa shape index (κ3) is 2.73. The number of carbonyl (C=O) groups excluding carboxylic acids is 3. The van der Waals surface area contributed by atoms with Crippen LogP contribution in [-0.2, 0) is 14.4 Å². The van der Waals surface area contributed by atoms with Gasteiger partial charge < -0.3 is 5.32 Å². The molecule has 2 bridgehead atoms. The summed E-state index contributed by atoms with van der Waals surface area (Å²) in [5.41, 5.74) is -1.40. The maximum atomic E-state index is 13.0. The number of nitrogens with zero attached hydrogens (tertiary/aromatic N) is 2. The molecule has 2 aliphatic rings. The Morgan fingerprint density at radius 1 is 1.08 bits per heavy atom. The van der Waals surface area contributed by atoms with Crippen molar-refractivity contribution >= 4 is 23.5 Å². The Kier molecular flexibility index (Phi) is 3.78. The Morgan fingerprint density at radius 3 is 2.16 bits per heavy atom. The molecular weight excluding hydrogens is 318 g/mol. The third-order valence-electron chi connectivity index (χ3n) is 5.66. The Morgan fingerprint density at radius 2 is 1.64 bits per heavy atom. The molecule has 25 heavy (non-hydrogen) atoms. The molecule has 2 heterocycles. The Bertz CT molecular complexity index is 745. The van der Waals surface area contributed by atoms with E-state index in [4.69, 9.17) is 0 Å². The number of hydrogen-bond donors (Lipinski definition) is 1. The maximum absolute atomic E-state index is 13.0. The average molecular weight is 343 g/mol. The van der Waals surface area contributed by atoms with E-state index in [-0.39, 0.29) is 17.7 Å². The second-order valence-corrected chi connectivity index (χ2v) is 8.50. The van der Waals surface area contributed by atoms with Gasteiger partial charge in [-0.25, -0.2) is 4.98 Å². The van der Waals surface area contributed by atoms with Crippen LogP contribution in [0, 0.1) is 23.2 Å². The normalized spacial score (nSPS) is 34.8. The zero-order chi connectivity index (χ0) is 18.6. The second-order valence-electron chi connectivity index (χ2n) is 8.50. The van der Waals surface area contributed by atoms with E-state index in [2.05, 4.69) is 10.3 Å². The molecule has 3 amide bonds. The Hall–Kier alpha value is -2.24. The number of aromatic nitrogens is 1. The van der Waals surface area contributed by atoms with E-state index in [1.165, 1.54) is 4.90 Å². The second kappa shape index (κ2) is 5.38. The van der Waals surface area contributed by atoms with Gasteiger partial charge in [0.05, 0.1) is 0 Å². The number of aryl methyl sites for hydroxylation is 1. The fourth-order valence-corrected chi connectivity index (χ4v) is 5.02. The number of anilines is 1.